The van der Waals surface area contributed by atoms with E-state index < -0.39 is 26.5 Å². The number of pyridine rings is 2. The maximum Gasteiger partial charge on any atom is 0.340 e. The lowest BCUT2D eigenvalue weighted by atomic mass is 10.0. The van der Waals surface area contributed by atoms with Gasteiger partial charge in [0.15, 0.2) is 0 Å². The van der Waals surface area contributed by atoms with E-state index in [1.807, 2.05) is 60.0 Å². The fourth-order valence-electron chi connectivity index (χ4n) is 5.43. The van der Waals surface area contributed by atoms with E-state index in [1.165, 1.54) is 0 Å². The zero-order valence-electron chi connectivity index (χ0n) is 26.1. The van der Waals surface area contributed by atoms with E-state index in [0.717, 1.165) is 40.6 Å². The molecule has 1 aromatic carbocycles. The highest BCUT2D eigenvalue weighted by atomic mass is 32.2. The average molecular weight is 669 g/mol. The molecule has 246 valence electrons. The normalized spacial score (nSPS) is 11.6. The first-order valence-electron chi connectivity index (χ1n) is 15.1. The Bertz CT molecular complexity index is 2350. The van der Waals surface area contributed by atoms with E-state index in [1.54, 1.807) is 13.1 Å². The number of nitrogens with zero attached hydrogens (tertiary/aromatic N) is 5. The van der Waals surface area contributed by atoms with Crippen LogP contribution in [0.1, 0.15) is 29.7 Å². The van der Waals surface area contributed by atoms with Crippen LogP contribution in [-0.4, -0.2) is 56.3 Å². The van der Waals surface area contributed by atoms with Crippen molar-refractivity contribution in [3.8, 4) is 22.8 Å². The van der Waals surface area contributed by atoms with Crippen LogP contribution in [-0.2, 0) is 21.3 Å². The van der Waals surface area contributed by atoms with E-state index >= 15 is 0 Å². The number of amides is 1. The van der Waals surface area contributed by atoms with Crippen molar-refractivity contribution in [2.75, 3.05) is 24.1 Å². The summed E-state index contributed by atoms with van der Waals surface area (Å²) in [4.78, 5) is 43.4. The van der Waals surface area contributed by atoms with Gasteiger partial charge in [0, 0.05) is 42.6 Å². The maximum absolute atomic E-state index is 12.7. The Hall–Kier alpha value is -5.67. The molecule has 6 rings (SSSR count). The molecule has 1 amide bonds. The van der Waals surface area contributed by atoms with E-state index in [0.29, 0.717) is 43.1 Å². The summed E-state index contributed by atoms with van der Waals surface area (Å²) in [7, 11) is -4.60. The Kier molecular flexibility index (Phi) is 8.88. The monoisotopic (exact) mass is 668 g/mol. The fraction of sp³-hybridized carbons (Fsp3) is 0.212. The number of aryl methyl sites for hydroxylation is 2. The van der Waals surface area contributed by atoms with Crippen LogP contribution in [0.3, 0.4) is 0 Å². The fourth-order valence-corrected chi connectivity index (χ4v) is 6.05. The molecule has 0 aliphatic rings. The van der Waals surface area contributed by atoms with E-state index in [9.17, 15) is 22.6 Å². The topological polar surface area (TPSA) is 208 Å². The summed E-state index contributed by atoms with van der Waals surface area (Å²) in [5, 5.41) is 6.29. The van der Waals surface area contributed by atoms with Crippen molar-refractivity contribution in [3.63, 3.8) is 0 Å². The van der Waals surface area contributed by atoms with E-state index in [-0.39, 0.29) is 28.6 Å². The number of carbonyl (C=O) groups excluding carboxylic acids is 1. The van der Waals surface area contributed by atoms with Crippen LogP contribution >= 0.6 is 0 Å². The third-order valence-corrected chi connectivity index (χ3v) is 8.71. The number of imidazole rings is 1. The molecule has 48 heavy (non-hydrogen) atoms. The standard InChI is InChI=1S/C33H32N8O6S/c1-19-8-7-9-24(38-19)30-31(41-15-6-3-10-28(41)40-30)25-11-14-37-33(39-25)36-13-5-4-12-35-29(42)17-22-20(2)21-16-27(48(44,45)46)23(34)18-26(21)47-32(22)43/h3,6-11,14-16,18H,4-5,12-13,17,34H2,1-2H3,(H,35,42)(H,36,37,39)(H,44,45,46). The van der Waals surface area contributed by atoms with Crippen molar-refractivity contribution in [2.24, 2.45) is 0 Å². The van der Waals surface area contributed by atoms with Gasteiger partial charge in [-0.2, -0.15) is 8.42 Å². The third kappa shape index (κ3) is 6.72. The van der Waals surface area contributed by atoms with Crippen LogP contribution in [0.25, 0.3) is 39.4 Å². The number of fused-ring (bicyclic) bond motifs is 2. The molecule has 14 nitrogen and oxygen atoms in total. The van der Waals surface area contributed by atoms with Gasteiger partial charge >= 0.3 is 5.63 Å². The largest absolute Gasteiger partial charge is 0.422 e. The first-order chi connectivity index (χ1) is 23.0. The zero-order valence-corrected chi connectivity index (χ0v) is 26.9. The van der Waals surface area contributed by atoms with Crippen LogP contribution in [0.4, 0.5) is 11.6 Å². The Labute approximate surface area is 274 Å². The summed E-state index contributed by atoms with van der Waals surface area (Å²) in [5.74, 6) is 0.0501. The summed E-state index contributed by atoms with van der Waals surface area (Å²) >= 11 is 0. The minimum atomic E-state index is -4.60. The van der Waals surface area contributed by atoms with Crippen molar-refractivity contribution < 1.29 is 22.2 Å². The lowest BCUT2D eigenvalue weighted by Crippen LogP contribution is -2.29. The second-order valence-electron chi connectivity index (χ2n) is 11.2. The molecule has 0 aliphatic carbocycles. The number of nitrogen functional groups attached to an aromatic ring is 1. The van der Waals surface area contributed by atoms with Gasteiger partial charge in [-0.15, -0.1) is 0 Å². The number of carbonyl (C=O) groups is 1. The predicted molar refractivity (Wildman–Crippen MR) is 180 cm³/mol. The summed E-state index contributed by atoms with van der Waals surface area (Å²) in [6.07, 6.45) is 4.68. The first kappa shape index (κ1) is 32.3. The number of nitrogens with one attached hydrogen (secondary N) is 2. The lowest BCUT2D eigenvalue weighted by Gasteiger charge is -2.11. The van der Waals surface area contributed by atoms with Crippen LogP contribution in [0, 0.1) is 13.8 Å². The number of rotatable bonds is 11. The molecule has 5 heterocycles. The van der Waals surface area contributed by atoms with Crippen molar-refractivity contribution in [1.29, 1.82) is 0 Å². The van der Waals surface area contributed by atoms with Gasteiger partial charge in [-0.05, 0) is 68.7 Å². The highest BCUT2D eigenvalue weighted by Crippen LogP contribution is 2.31. The molecular weight excluding hydrogens is 636 g/mol. The number of aromatic nitrogens is 5. The van der Waals surface area contributed by atoms with Crippen LogP contribution in [0.5, 0.6) is 0 Å². The van der Waals surface area contributed by atoms with Gasteiger partial charge in [0.25, 0.3) is 10.1 Å². The highest BCUT2D eigenvalue weighted by Gasteiger charge is 2.21. The van der Waals surface area contributed by atoms with Crippen molar-refractivity contribution in [3.05, 3.63) is 94.2 Å². The van der Waals surface area contributed by atoms with Crippen LogP contribution < -0.4 is 22.0 Å². The summed E-state index contributed by atoms with van der Waals surface area (Å²) in [5.41, 5.74) is 9.81. The molecule has 0 spiro atoms. The number of hydrogen-bond donors (Lipinski definition) is 4. The van der Waals surface area contributed by atoms with E-state index in [4.69, 9.17) is 20.1 Å². The summed E-state index contributed by atoms with van der Waals surface area (Å²) < 4.78 is 40.1. The Morgan fingerprint density at radius 2 is 1.81 bits per heavy atom. The van der Waals surface area contributed by atoms with Gasteiger partial charge in [-0.1, -0.05) is 12.1 Å². The molecule has 0 radical (unpaired) electrons. The Morgan fingerprint density at radius 3 is 2.60 bits per heavy atom. The number of hydrogen-bond acceptors (Lipinski definition) is 11. The molecule has 6 aromatic rings. The van der Waals surface area contributed by atoms with Gasteiger partial charge in [-0.25, -0.2) is 19.7 Å². The van der Waals surface area contributed by atoms with Gasteiger partial charge in [0.05, 0.1) is 29.1 Å². The smallest absolute Gasteiger partial charge is 0.340 e. The Morgan fingerprint density at radius 1 is 1.00 bits per heavy atom. The van der Waals surface area contributed by atoms with Gasteiger partial charge in [0.2, 0.25) is 11.9 Å². The molecule has 5 N–H and O–H groups in total. The zero-order chi connectivity index (χ0) is 34.0. The molecule has 0 saturated heterocycles. The minimum absolute atomic E-state index is 0.0517. The molecule has 0 saturated carbocycles. The predicted octanol–water partition coefficient (Wildman–Crippen LogP) is 3.96. The first-order valence-corrected chi connectivity index (χ1v) is 16.5. The molecule has 0 atom stereocenters. The average Bonchev–Trinajstić information content (AvgIpc) is 3.44. The number of benzene rings is 1. The lowest BCUT2D eigenvalue weighted by molar-refractivity contribution is -0.120. The summed E-state index contributed by atoms with van der Waals surface area (Å²) in [6, 6.07) is 15.7. The molecule has 5 aromatic heterocycles. The molecule has 15 heteroatoms. The van der Waals surface area contributed by atoms with Crippen LogP contribution in [0.2, 0.25) is 0 Å². The Balaban J connectivity index is 1.06. The molecule has 0 fully saturated rings. The third-order valence-electron chi connectivity index (χ3n) is 7.80. The van der Waals surface area contributed by atoms with Gasteiger partial charge < -0.3 is 20.8 Å². The number of anilines is 2. The second-order valence-corrected chi connectivity index (χ2v) is 12.6. The number of unbranched alkanes of at least 4 members (excludes halogenated alkanes) is 1. The summed E-state index contributed by atoms with van der Waals surface area (Å²) in [6.45, 7) is 4.41. The van der Waals surface area contributed by atoms with Crippen LogP contribution in [0.15, 0.2) is 81.1 Å². The molecule has 0 bridgehead atoms. The van der Waals surface area contributed by atoms with E-state index in [2.05, 4.69) is 20.6 Å². The molecule has 0 aliphatic heterocycles. The number of nitrogens with two attached hydrogens (primary N) is 1. The SMILES string of the molecule is Cc1cccc(-c2nc3ccccn3c2-c2ccnc(NCCCCNC(=O)Cc3c(C)c4cc(S(=O)(=O)O)c(N)cc4oc3=O)n2)n1. The van der Waals surface area contributed by atoms with Crippen molar-refractivity contribution >= 4 is 44.3 Å². The highest BCUT2D eigenvalue weighted by molar-refractivity contribution is 7.86. The maximum atomic E-state index is 12.7. The van der Waals surface area contributed by atoms with Crippen molar-refractivity contribution in [1.82, 2.24) is 29.7 Å². The quantitative estimate of drug-likeness (QED) is 0.0670. The van der Waals surface area contributed by atoms with Crippen molar-refractivity contribution in [2.45, 2.75) is 38.0 Å². The van der Waals surface area contributed by atoms with Gasteiger partial charge in [0.1, 0.15) is 27.5 Å². The van der Waals surface area contributed by atoms with Gasteiger partial charge in [-0.3, -0.25) is 18.7 Å². The molecule has 0 unspecified atom stereocenters. The second kappa shape index (κ2) is 13.2. The minimum Gasteiger partial charge on any atom is -0.422 e. The molecular formula is C33H32N8O6S.